The molecule has 1 spiro atoms. The van der Waals surface area contributed by atoms with Crippen molar-refractivity contribution in [1.82, 2.24) is 15.2 Å². The van der Waals surface area contributed by atoms with Crippen LogP contribution in [0.25, 0.3) is 10.6 Å². The summed E-state index contributed by atoms with van der Waals surface area (Å²) < 4.78 is 20.0. The Kier molecular flexibility index (Phi) is 9.00. The summed E-state index contributed by atoms with van der Waals surface area (Å²) in [5, 5.41) is 9.31. The van der Waals surface area contributed by atoms with Crippen LogP contribution in [0.5, 0.6) is 0 Å². The van der Waals surface area contributed by atoms with Crippen molar-refractivity contribution in [1.29, 1.82) is 0 Å². The summed E-state index contributed by atoms with van der Waals surface area (Å²) in [6, 6.07) is 17.1. The summed E-state index contributed by atoms with van der Waals surface area (Å²) >= 11 is 1.28. The summed E-state index contributed by atoms with van der Waals surface area (Å²) in [4.78, 5) is 51.1. The number of nitrogens with zero attached hydrogens (tertiary/aromatic N) is 3. The largest absolute Gasteiger partial charge is 0.380 e. The molecule has 12 heteroatoms. The Bertz CT molecular complexity index is 2160. The van der Waals surface area contributed by atoms with Crippen LogP contribution in [0.1, 0.15) is 57.8 Å². The molecule has 2 aromatic heterocycles. The van der Waals surface area contributed by atoms with Gasteiger partial charge >= 0.3 is 0 Å². The fourth-order valence-electron chi connectivity index (χ4n) is 7.69. The van der Waals surface area contributed by atoms with Gasteiger partial charge in [0.05, 0.1) is 39.9 Å². The molecule has 1 atom stereocenters. The van der Waals surface area contributed by atoms with Crippen LogP contribution < -0.4 is 20.9 Å². The van der Waals surface area contributed by atoms with Gasteiger partial charge < -0.3 is 25.6 Å². The molecule has 6 heterocycles. The smallest absolute Gasteiger partial charge is 0.265 e. The number of carbonyl (C=O) groups is 3. The molecule has 0 saturated carbocycles. The molecule has 3 N–H and O–H groups in total. The second-order valence-electron chi connectivity index (χ2n) is 14.6. The molecular weight excluding hydrogens is 692 g/mol. The number of rotatable bonds is 6. The Balaban J connectivity index is 0.974. The molecule has 8 rings (SSSR count). The summed E-state index contributed by atoms with van der Waals surface area (Å²) in [6.45, 7) is 9.53. The van der Waals surface area contributed by atoms with Crippen molar-refractivity contribution in [2.45, 2.75) is 45.7 Å². The van der Waals surface area contributed by atoms with Crippen LogP contribution >= 0.6 is 11.3 Å². The van der Waals surface area contributed by atoms with E-state index in [1.54, 1.807) is 66.6 Å². The third-order valence-corrected chi connectivity index (χ3v) is 12.2. The molecule has 4 aliphatic rings. The molecule has 272 valence electrons. The topological polar surface area (TPSA) is 116 Å². The van der Waals surface area contributed by atoms with Gasteiger partial charge in [-0.25, -0.2) is 4.39 Å². The number of halogens is 1. The highest BCUT2D eigenvalue weighted by atomic mass is 32.1. The number of aromatic nitrogens is 1. The van der Waals surface area contributed by atoms with Gasteiger partial charge in [-0.2, -0.15) is 0 Å². The summed E-state index contributed by atoms with van der Waals surface area (Å²) in [6.07, 6.45) is 8.16. The van der Waals surface area contributed by atoms with Crippen LogP contribution in [0, 0.1) is 18.2 Å². The van der Waals surface area contributed by atoms with Crippen molar-refractivity contribution in [3.05, 3.63) is 118 Å². The predicted octanol–water partition coefficient (Wildman–Crippen LogP) is 6.91. The van der Waals surface area contributed by atoms with Crippen molar-refractivity contribution in [3.8, 4) is 10.6 Å². The number of pyridine rings is 1. The third-order valence-electron chi connectivity index (χ3n) is 11.0. The minimum Gasteiger partial charge on any atom is -0.380 e. The summed E-state index contributed by atoms with van der Waals surface area (Å²) in [5.41, 5.74) is 5.21. The van der Waals surface area contributed by atoms with Gasteiger partial charge in [-0.15, -0.1) is 11.3 Å². The van der Waals surface area contributed by atoms with Crippen LogP contribution in [-0.4, -0.2) is 66.1 Å². The molecular formula is C41H41FN6O4S. The number of benzene rings is 2. The van der Waals surface area contributed by atoms with Gasteiger partial charge in [0.25, 0.3) is 17.7 Å². The van der Waals surface area contributed by atoms with Crippen LogP contribution in [0.2, 0.25) is 0 Å². The number of fused-ring (bicyclic) bond motifs is 3. The van der Waals surface area contributed by atoms with Gasteiger partial charge in [0.15, 0.2) is 0 Å². The number of dihydropyridines is 1. The molecule has 0 aliphatic carbocycles. The Hall–Kier alpha value is -5.17. The fraction of sp³-hybridized carbons (Fsp3) is 0.317. The second-order valence-corrected chi connectivity index (χ2v) is 15.7. The van der Waals surface area contributed by atoms with E-state index < -0.39 is 17.4 Å². The first-order valence-corrected chi connectivity index (χ1v) is 18.7. The first-order valence-electron chi connectivity index (χ1n) is 17.9. The van der Waals surface area contributed by atoms with E-state index in [0.717, 1.165) is 55.2 Å². The Morgan fingerprint density at radius 1 is 0.962 bits per heavy atom. The number of hydrogen-bond acceptors (Lipinski definition) is 8. The SMILES string of the molecule is CC1=CNC(C)(N2CCC3(CC2)COC3)C(C(=O)Nc2ccc(C(=O)N3CCc4cc(C(=O)Nc5c(C)cccc5F)sc4-c4ncccc43)cc2)=C1. The number of allylic oxidation sites excluding steroid dienone is 2. The third kappa shape index (κ3) is 6.45. The number of aryl methyl sites for hydroxylation is 1. The summed E-state index contributed by atoms with van der Waals surface area (Å²) in [7, 11) is 0. The van der Waals surface area contributed by atoms with Gasteiger partial charge in [-0.05, 0) is 111 Å². The maximum absolute atomic E-state index is 14.5. The zero-order valence-electron chi connectivity index (χ0n) is 29.9. The molecule has 4 aliphatic heterocycles. The lowest BCUT2D eigenvalue weighted by molar-refractivity contribution is -0.147. The van der Waals surface area contributed by atoms with Crippen molar-refractivity contribution in [2.75, 3.05) is 48.4 Å². The molecule has 2 aromatic carbocycles. The van der Waals surface area contributed by atoms with Gasteiger partial charge in [-0.3, -0.25) is 24.3 Å². The van der Waals surface area contributed by atoms with E-state index in [4.69, 9.17) is 4.74 Å². The van der Waals surface area contributed by atoms with E-state index in [-0.39, 0.29) is 22.9 Å². The monoisotopic (exact) mass is 732 g/mol. The van der Waals surface area contributed by atoms with E-state index in [0.29, 0.717) is 51.6 Å². The van der Waals surface area contributed by atoms with Crippen LogP contribution in [0.3, 0.4) is 0 Å². The van der Waals surface area contributed by atoms with Crippen molar-refractivity contribution < 1.29 is 23.5 Å². The van der Waals surface area contributed by atoms with E-state index >= 15 is 0 Å². The minimum atomic E-state index is -0.662. The van der Waals surface area contributed by atoms with Gasteiger partial charge in [0, 0.05) is 48.7 Å². The molecule has 0 radical (unpaired) electrons. The highest BCUT2D eigenvalue weighted by Crippen LogP contribution is 2.42. The van der Waals surface area contributed by atoms with E-state index in [2.05, 4.69) is 32.8 Å². The number of amides is 3. The lowest BCUT2D eigenvalue weighted by Gasteiger charge is -2.52. The van der Waals surface area contributed by atoms with Crippen molar-refractivity contribution in [3.63, 3.8) is 0 Å². The molecule has 2 saturated heterocycles. The molecule has 1 unspecified atom stereocenters. The van der Waals surface area contributed by atoms with Crippen molar-refractivity contribution in [2.24, 2.45) is 5.41 Å². The Morgan fingerprint density at radius 3 is 2.45 bits per heavy atom. The van der Waals surface area contributed by atoms with Gasteiger partial charge in [0.2, 0.25) is 0 Å². The molecule has 53 heavy (non-hydrogen) atoms. The van der Waals surface area contributed by atoms with Crippen LogP contribution in [0.15, 0.2) is 90.3 Å². The number of carbonyl (C=O) groups excluding carboxylic acids is 3. The minimum absolute atomic E-state index is 0.158. The number of piperidine rings is 1. The maximum atomic E-state index is 14.5. The summed E-state index contributed by atoms with van der Waals surface area (Å²) in [5.74, 6) is -1.29. The highest BCUT2D eigenvalue weighted by Gasteiger charge is 2.47. The fourth-order valence-corrected chi connectivity index (χ4v) is 8.80. The maximum Gasteiger partial charge on any atom is 0.265 e. The molecule has 3 amide bonds. The van der Waals surface area contributed by atoms with Crippen molar-refractivity contribution >= 4 is 46.1 Å². The Morgan fingerprint density at radius 2 is 1.74 bits per heavy atom. The van der Waals surface area contributed by atoms with E-state index in [9.17, 15) is 18.8 Å². The van der Waals surface area contributed by atoms with Gasteiger partial charge in [-0.1, -0.05) is 12.1 Å². The number of likely N-dealkylation sites (tertiary alicyclic amines) is 1. The quantitative estimate of drug-likeness (QED) is 0.197. The number of para-hydroxylation sites is 1. The van der Waals surface area contributed by atoms with E-state index in [1.807, 2.05) is 25.3 Å². The predicted molar refractivity (Wildman–Crippen MR) is 205 cm³/mol. The number of ether oxygens (including phenoxy) is 1. The number of nitrogens with one attached hydrogen (secondary N) is 3. The molecule has 10 nitrogen and oxygen atoms in total. The highest BCUT2D eigenvalue weighted by molar-refractivity contribution is 7.17. The zero-order valence-corrected chi connectivity index (χ0v) is 30.7. The van der Waals surface area contributed by atoms with E-state index in [1.165, 1.54) is 17.4 Å². The average molecular weight is 733 g/mol. The average Bonchev–Trinajstić information content (AvgIpc) is 3.52. The number of hydrogen-bond donors (Lipinski definition) is 3. The first-order chi connectivity index (χ1) is 25.5. The van der Waals surface area contributed by atoms with Crippen LogP contribution in [-0.2, 0) is 16.0 Å². The standard InChI is InChI=1S/C41H41FN6O4S/c1-25-20-30(40(3,44-22-25)47-18-14-41(15-19-47)23-52-24-41)37(49)45-29-11-9-27(10-12-29)39(51)48-17-13-28-21-33(53-36(28)35-32(48)8-5-16-43-35)38(50)46-34-26(2)6-4-7-31(34)42/h4-12,16,20-22,44H,13-15,17-19,23-24H2,1-3H3,(H,45,49)(H,46,50). The molecule has 0 bridgehead atoms. The number of thiophene rings is 1. The Labute approximate surface area is 311 Å². The van der Waals surface area contributed by atoms with Crippen LogP contribution in [0.4, 0.5) is 21.5 Å². The first kappa shape index (κ1) is 34.9. The molecule has 4 aromatic rings. The zero-order chi connectivity index (χ0) is 36.9. The lowest BCUT2D eigenvalue weighted by atomic mass is 9.75. The second kappa shape index (κ2) is 13.7. The molecule has 2 fully saturated rings. The normalized spacial score (nSPS) is 20.5. The van der Waals surface area contributed by atoms with Gasteiger partial charge in [0.1, 0.15) is 17.2 Å². The number of anilines is 3. The lowest BCUT2D eigenvalue weighted by Crippen LogP contribution is -2.63.